The quantitative estimate of drug-likeness (QED) is 0.0530. The number of sulfonamides is 1. The van der Waals surface area contributed by atoms with Crippen molar-refractivity contribution >= 4 is 55.1 Å². The number of rotatable bonds is 15. The number of carbonyl (C=O) groups is 1. The number of aromatic nitrogens is 4. The number of methoxy groups -OCH3 is 1. The van der Waals surface area contributed by atoms with Crippen molar-refractivity contribution in [1.82, 2.24) is 34.5 Å². The summed E-state index contributed by atoms with van der Waals surface area (Å²) >= 11 is 0. The number of fused-ring (bicyclic) bond motifs is 2. The smallest absolute Gasteiger partial charge is 0.268 e. The first-order valence-electron chi connectivity index (χ1n) is 26.7. The van der Waals surface area contributed by atoms with Gasteiger partial charge >= 0.3 is 0 Å². The molecule has 400 valence electrons. The van der Waals surface area contributed by atoms with Gasteiger partial charge in [0.15, 0.2) is 0 Å². The third-order valence-corrected chi connectivity index (χ3v) is 18.2. The van der Waals surface area contributed by atoms with E-state index < -0.39 is 27.3 Å². The van der Waals surface area contributed by atoms with Crippen LogP contribution in [0.25, 0.3) is 22.1 Å². The number of aliphatic hydroxyl groups is 1. The van der Waals surface area contributed by atoms with Crippen LogP contribution in [0.2, 0.25) is 0 Å². The first-order chi connectivity index (χ1) is 36.5. The summed E-state index contributed by atoms with van der Waals surface area (Å²) < 4.78 is 59.2. The molecule has 76 heavy (non-hydrogen) atoms. The number of halogens is 1. The van der Waals surface area contributed by atoms with Gasteiger partial charge in [-0.15, -0.1) is 0 Å². The van der Waals surface area contributed by atoms with Gasteiger partial charge in [0.1, 0.15) is 39.1 Å². The minimum atomic E-state index is -4.64. The molecule has 0 bridgehead atoms. The fraction of sp³-hybridized carbons (Fsp3) is 0.431. The van der Waals surface area contributed by atoms with Gasteiger partial charge in [-0.25, -0.2) is 27.5 Å². The number of piperidine rings is 1. The minimum absolute atomic E-state index is 0.0307. The van der Waals surface area contributed by atoms with Crippen molar-refractivity contribution in [2.45, 2.75) is 107 Å². The summed E-state index contributed by atoms with van der Waals surface area (Å²) in [6.45, 7) is 11.9. The molecule has 0 radical (unpaired) electrons. The van der Waals surface area contributed by atoms with Crippen molar-refractivity contribution in [3.63, 3.8) is 0 Å². The Bertz CT molecular complexity index is 3350. The van der Waals surface area contributed by atoms with Crippen LogP contribution in [-0.2, 0) is 16.6 Å². The second kappa shape index (κ2) is 20.7. The average Bonchev–Trinajstić information content (AvgIpc) is 4.12. The van der Waals surface area contributed by atoms with Crippen molar-refractivity contribution < 1.29 is 32.2 Å². The van der Waals surface area contributed by atoms with Gasteiger partial charge in [-0.05, 0) is 129 Å². The number of anilines is 3. The van der Waals surface area contributed by atoms with E-state index in [1.807, 2.05) is 30.0 Å². The van der Waals surface area contributed by atoms with Crippen LogP contribution in [0.1, 0.15) is 111 Å². The Morgan fingerprint density at radius 3 is 2.46 bits per heavy atom. The zero-order chi connectivity index (χ0) is 52.9. The molecule has 2 aliphatic carbocycles. The fourth-order valence-corrected chi connectivity index (χ4v) is 13.6. The maximum absolute atomic E-state index is 16.7. The summed E-state index contributed by atoms with van der Waals surface area (Å²) in [7, 11) is -2.95. The molecule has 3 aromatic heterocycles. The van der Waals surface area contributed by atoms with Gasteiger partial charge in [-0.3, -0.25) is 14.6 Å². The number of hydrogen-bond acceptors (Lipinski definition) is 13. The largest absolute Gasteiger partial charge is 0.497 e. The molecule has 16 nitrogen and oxygen atoms in total. The van der Waals surface area contributed by atoms with Crippen LogP contribution in [0, 0.1) is 17.2 Å². The predicted molar refractivity (Wildman–Crippen MR) is 294 cm³/mol. The summed E-state index contributed by atoms with van der Waals surface area (Å²) in [5.41, 5.74) is 11.7. The summed E-state index contributed by atoms with van der Waals surface area (Å²) in [4.78, 5) is 36.2. The standard InChI is InChI=1S/C58H69FN10O6S/c1-36(2)43-7-5-6-8-44(43)49-34-67(33-38-9-11-41(74-4)12-10-38)23-24-69(49)40-29-58(30-40)18-21-68(22-19-58)48-28-50(75-42-25-39-15-20-61-55(39)63-32-42)45(26-46(48)59)56(70)66-76(72,73)51-27-47(60)52(54-53(51)64-35-65-54)62-31-37-13-16-57(3,71)17-14-37/h5-12,15,20,25-28,32,35-37,40,49,62,71H,13-14,16-19,21-24,29-31,33-34,60H2,1-4H3,(H,61,63)(H,64,65)(H,66,70)/t37?,49-,57?/m0/s1. The van der Waals surface area contributed by atoms with Crippen LogP contribution in [0.3, 0.4) is 0 Å². The number of hydrogen-bond donors (Lipinski definition) is 6. The Kier molecular flexibility index (Phi) is 14.0. The molecule has 1 spiro atoms. The fourth-order valence-electron chi connectivity index (χ4n) is 12.5. The number of amides is 1. The zero-order valence-electron chi connectivity index (χ0n) is 43.7. The van der Waals surface area contributed by atoms with Crippen LogP contribution in [0.5, 0.6) is 17.2 Å². The SMILES string of the molecule is COc1ccc(CN2CCN(C3CC4(CCN(c5cc(Oc6cnc7[nH]ccc7c6)c(C(=O)NS(=O)(=O)c6cc(N)c(NCC7CCC(C)(O)CC7)c7[nH]cnc67)cc5F)CC4)C3)[C@H](c3ccccc3C(C)C)C2)cc1. The van der Waals surface area contributed by atoms with Crippen molar-refractivity contribution in [2.75, 3.05) is 62.3 Å². The molecule has 4 aromatic carbocycles. The number of imidazole rings is 1. The lowest BCUT2D eigenvalue weighted by molar-refractivity contribution is -0.0628. The molecular weight excluding hydrogens is 984 g/mol. The van der Waals surface area contributed by atoms with Crippen molar-refractivity contribution in [3.8, 4) is 17.2 Å². The molecule has 7 aromatic rings. The van der Waals surface area contributed by atoms with E-state index in [-0.39, 0.29) is 56.2 Å². The molecule has 18 heteroatoms. The van der Waals surface area contributed by atoms with Crippen LogP contribution in [0.4, 0.5) is 21.5 Å². The second-order valence-electron chi connectivity index (χ2n) is 22.4. The number of nitrogens with two attached hydrogens (primary N) is 1. The number of carbonyl (C=O) groups excluding carboxylic acids is 1. The highest BCUT2D eigenvalue weighted by atomic mass is 32.2. The summed E-state index contributed by atoms with van der Waals surface area (Å²) in [6, 6.07) is 25.4. The summed E-state index contributed by atoms with van der Waals surface area (Å²) in [5, 5.41) is 14.6. The van der Waals surface area contributed by atoms with E-state index in [4.69, 9.17) is 15.2 Å². The van der Waals surface area contributed by atoms with Crippen LogP contribution < -0.4 is 30.1 Å². The number of aromatic amines is 2. The third-order valence-electron chi connectivity index (χ3n) is 16.9. The molecule has 4 fully saturated rings. The molecule has 7 N–H and O–H groups in total. The van der Waals surface area contributed by atoms with Crippen molar-refractivity contribution in [1.29, 1.82) is 0 Å². The number of piperazine rings is 1. The van der Waals surface area contributed by atoms with E-state index in [9.17, 15) is 18.3 Å². The van der Waals surface area contributed by atoms with Crippen LogP contribution in [0.15, 0.2) is 102 Å². The van der Waals surface area contributed by atoms with E-state index in [0.29, 0.717) is 61.3 Å². The number of ether oxygens (including phenoxy) is 2. The Hall–Kier alpha value is -6.73. The highest BCUT2D eigenvalue weighted by molar-refractivity contribution is 7.90. The topological polar surface area (TPSA) is 207 Å². The summed E-state index contributed by atoms with van der Waals surface area (Å²) in [5.74, 6) is 0.0212. The maximum atomic E-state index is 16.7. The van der Waals surface area contributed by atoms with E-state index in [2.05, 4.69) is 90.0 Å². The lowest BCUT2D eigenvalue weighted by Gasteiger charge is -2.58. The molecular formula is C58H69FN10O6S. The molecule has 2 saturated carbocycles. The number of nitrogen functional groups attached to an aromatic ring is 1. The number of benzene rings is 4. The normalized spacial score (nSPS) is 21.5. The number of pyridine rings is 1. The van der Waals surface area contributed by atoms with Gasteiger partial charge in [0.2, 0.25) is 0 Å². The number of nitrogens with zero attached hydrogens (tertiary/aromatic N) is 5. The predicted octanol–water partition coefficient (Wildman–Crippen LogP) is 9.86. The second-order valence-corrected chi connectivity index (χ2v) is 24.0. The van der Waals surface area contributed by atoms with Gasteiger partial charge in [0, 0.05) is 75.5 Å². The van der Waals surface area contributed by atoms with Gasteiger partial charge in [-0.1, -0.05) is 50.2 Å². The van der Waals surface area contributed by atoms with Gasteiger partial charge < -0.3 is 40.5 Å². The molecule has 11 rings (SSSR count). The molecule has 1 amide bonds. The van der Waals surface area contributed by atoms with E-state index in [1.54, 1.807) is 19.4 Å². The Balaban J connectivity index is 0.804. The lowest BCUT2D eigenvalue weighted by Crippen LogP contribution is -2.60. The first-order valence-corrected chi connectivity index (χ1v) is 28.2. The van der Waals surface area contributed by atoms with Crippen LogP contribution in [-0.4, -0.2) is 107 Å². The first kappa shape index (κ1) is 51.4. The van der Waals surface area contributed by atoms with E-state index in [0.717, 1.165) is 81.9 Å². The van der Waals surface area contributed by atoms with Crippen molar-refractivity contribution in [3.05, 3.63) is 126 Å². The molecule has 5 heterocycles. The Morgan fingerprint density at radius 2 is 1.71 bits per heavy atom. The Labute approximate surface area is 443 Å². The molecule has 2 aliphatic heterocycles. The highest BCUT2D eigenvalue weighted by Crippen LogP contribution is 2.54. The van der Waals surface area contributed by atoms with E-state index >= 15 is 4.39 Å². The number of nitrogens with one attached hydrogen (secondary N) is 4. The van der Waals surface area contributed by atoms with Crippen molar-refractivity contribution in [2.24, 2.45) is 11.3 Å². The number of H-pyrrole nitrogens is 2. The summed E-state index contributed by atoms with van der Waals surface area (Å²) in [6.07, 6.45) is 11.5. The van der Waals surface area contributed by atoms with Crippen LogP contribution >= 0.6 is 0 Å². The highest BCUT2D eigenvalue weighted by Gasteiger charge is 2.50. The minimum Gasteiger partial charge on any atom is -0.497 e. The monoisotopic (exact) mass is 1050 g/mol. The zero-order valence-corrected chi connectivity index (χ0v) is 44.6. The van der Waals surface area contributed by atoms with Gasteiger partial charge in [-0.2, -0.15) is 0 Å². The maximum Gasteiger partial charge on any atom is 0.268 e. The lowest BCUT2D eigenvalue weighted by atomic mass is 9.59. The van der Waals surface area contributed by atoms with E-state index in [1.165, 1.54) is 41.3 Å². The molecule has 2 saturated heterocycles. The molecule has 1 atom stereocenters. The van der Waals surface area contributed by atoms with Gasteiger partial charge in [0.25, 0.3) is 15.9 Å². The Morgan fingerprint density at radius 1 is 0.947 bits per heavy atom. The third kappa shape index (κ3) is 10.4. The van der Waals surface area contributed by atoms with Gasteiger partial charge in [0.05, 0.1) is 53.4 Å². The molecule has 0 unspecified atom stereocenters. The molecule has 4 aliphatic rings. The average molecular weight is 1050 g/mol.